The summed E-state index contributed by atoms with van der Waals surface area (Å²) in [6, 6.07) is 7.69. The summed E-state index contributed by atoms with van der Waals surface area (Å²) < 4.78 is 5.36. The second kappa shape index (κ2) is 7.01. The molecule has 0 aliphatic rings. The van der Waals surface area contributed by atoms with Gasteiger partial charge in [0.25, 0.3) is 0 Å². The van der Waals surface area contributed by atoms with Crippen molar-refractivity contribution in [2.24, 2.45) is 5.73 Å². The van der Waals surface area contributed by atoms with Crippen LogP contribution in [0.4, 0.5) is 0 Å². The van der Waals surface area contributed by atoms with Crippen LogP contribution < -0.4 is 10.5 Å². The van der Waals surface area contributed by atoms with Crippen LogP contribution in [0.5, 0.6) is 5.75 Å². The fourth-order valence-corrected chi connectivity index (χ4v) is 1.57. The molecule has 2 N–H and O–H groups in total. The monoisotopic (exact) mass is 250 g/mol. The average molecular weight is 250 g/mol. The standard InChI is InChI=1S/C14H22N2O2/c1-4-18-13-7-5-12(6-8-13)9-14(17)16(3)11(2)10-15/h5-8,11H,4,9-10,15H2,1-3H3. The molecule has 0 aliphatic heterocycles. The van der Waals surface area contributed by atoms with Gasteiger partial charge in [-0.3, -0.25) is 4.79 Å². The molecule has 18 heavy (non-hydrogen) atoms. The summed E-state index contributed by atoms with van der Waals surface area (Å²) in [4.78, 5) is 13.7. The van der Waals surface area contributed by atoms with E-state index in [1.165, 1.54) is 0 Å². The predicted octanol–water partition coefficient (Wildman–Crippen LogP) is 1.43. The molecule has 0 bridgehead atoms. The quantitative estimate of drug-likeness (QED) is 0.831. The van der Waals surface area contributed by atoms with Crippen LogP contribution >= 0.6 is 0 Å². The van der Waals surface area contributed by atoms with Crippen LogP contribution in [0.2, 0.25) is 0 Å². The first-order chi connectivity index (χ1) is 8.58. The van der Waals surface area contributed by atoms with Gasteiger partial charge in [0.2, 0.25) is 5.91 Å². The minimum absolute atomic E-state index is 0.0696. The number of ether oxygens (including phenoxy) is 1. The predicted molar refractivity (Wildman–Crippen MR) is 72.6 cm³/mol. The largest absolute Gasteiger partial charge is 0.494 e. The molecule has 0 heterocycles. The van der Waals surface area contributed by atoms with Gasteiger partial charge in [-0.15, -0.1) is 0 Å². The number of nitrogens with zero attached hydrogens (tertiary/aromatic N) is 1. The maximum atomic E-state index is 12.0. The van der Waals surface area contributed by atoms with E-state index in [-0.39, 0.29) is 11.9 Å². The first-order valence-corrected chi connectivity index (χ1v) is 6.26. The van der Waals surface area contributed by atoms with E-state index in [0.29, 0.717) is 19.6 Å². The number of hydrogen-bond donors (Lipinski definition) is 1. The topological polar surface area (TPSA) is 55.6 Å². The maximum absolute atomic E-state index is 12.0. The first-order valence-electron chi connectivity index (χ1n) is 6.26. The van der Waals surface area contributed by atoms with Crippen molar-refractivity contribution in [3.63, 3.8) is 0 Å². The zero-order valence-corrected chi connectivity index (χ0v) is 11.3. The smallest absolute Gasteiger partial charge is 0.227 e. The van der Waals surface area contributed by atoms with Crippen LogP contribution in [0.3, 0.4) is 0 Å². The van der Waals surface area contributed by atoms with E-state index in [1.54, 1.807) is 11.9 Å². The third-order valence-corrected chi connectivity index (χ3v) is 2.99. The summed E-state index contributed by atoms with van der Waals surface area (Å²) >= 11 is 0. The van der Waals surface area contributed by atoms with E-state index in [2.05, 4.69) is 0 Å². The molecule has 0 aliphatic carbocycles. The van der Waals surface area contributed by atoms with E-state index in [1.807, 2.05) is 38.1 Å². The summed E-state index contributed by atoms with van der Waals surface area (Å²) in [6.07, 6.45) is 0.396. The lowest BCUT2D eigenvalue weighted by Crippen LogP contribution is -2.40. The van der Waals surface area contributed by atoms with Gasteiger partial charge >= 0.3 is 0 Å². The van der Waals surface area contributed by atoms with Crippen molar-refractivity contribution in [1.29, 1.82) is 0 Å². The van der Waals surface area contributed by atoms with Crippen LogP contribution in [0.15, 0.2) is 24.3 Å². The molecule has 1 aromatic rings. The van der Waals surface area contributed by atoms with E-state index in [4.69, 9.17) is 10.5 Å². The lowest BCUT2D eigenvalue weighted by molar-refractivity contribution is -0.130. The number of nitrogens with two attached hydrogens (primary N) is 1. The van der Waals surface area contributed by atoms with Crippen molar-refractivity contribution in [2.75, 3.05) is 20.2 Å². The Labute approximate surface area is 109 Å². The third-order valence-electron chi connectivity index (χ3n) is 2.99. The SMILES string of the molecule is CCOc1ccc(CC(=O)N(C)C(C)CN)cc1. The Morgan fingerprint density at radius 2 is 2.00 bits per heavy atom. The number of rotatable bonds is 6. The summed E-state index contributed by atoms with van der Waals surface area (Å²) in [5.41, 5.74) is 6.53. The minimum Gasteiger partial charge on any atom is -0.494 e. The van der Waals surface area contributed by atoms with Gasteiger partial charge in [0, 0.05) is 19.6 Å². The second-order valence-electron chi connectivity index (χ2n) is 4.34. The third kappa shape index (κ3) is 4.04. The molecule has 0 saturated carbocycles. The summed E-state index contributed by atoms with van der Waals surface area (Å²) in [5, 5.41) is 0. The molecule has 0 fully saturated rings. The zero-order valence-electron chi connectivity index (χ0n) is 11.3. The van der Waals surface area contributed by atoms with Gasteiger partial charge in [-0.05, 0) is 31.5 Å². The average Bonchev–Trinajstić information content (AvgIpc) is 2.39. The molecule has 0 aromatic heterocycles. The van der Waals surface area contributed by atoms with Crippen molar-refractivity contribution in [2.45, 2.75) is 26.3 Å². The normalized spacial score (nSPS) is 12.0. The first kappa shape index (κ1) is 14.5. The zero-order chi connectivity index (χ0) is 13.5. The lowest BCUT2D eigenvalue weighted by Gasteiger charge is -2.23. The van der Waals surface area contributed by atoms with Crippen molar-refractivity contribution < 1.29 is 9.53 Å². The molecule has 1 aromatic carbocycles. The van der Waals surface area contributed by atoms with Gasteiger partial charge in [-0.25, -0.2) is 0 Å². The highest BCUT2D eigenvalue weighted by Crippen LogP contribution is 2.13. The van der Waals surface area contributed by atoms with Crippen LogP contribution in [-0.2, 0) is 11.2 Å². The molecule has 4 heteroatoms. The molecule has 1 amide bonds. The Hall–Kier alpha value is -1.55. The van der Waals surface area contributed by atoms with Gasteiger partial charge in [0.1, 0.15) is 5.75 Å². The summed E-state index contributed by atoms with van der Waals surface area (Å²) in [6.45, 7) is 5.01. The van der Waals surface area contributed by atoms with Crippen molar-refractivity contribution in [1.82, 2.24) is 4.90 Å². The number of carbonyl (C=O) groups is 1. The van der Waals surface area contributed by atoms with Gasteiger partial charge in [0.05, 0.1) is 13.0 Å². The molecular formula is C14H22N2O2. The Balaban J connectivity index is 2.59. The van der Waals surface area contributed by atoms with Crippen molar-refractivity contribution in [3.05, 3.63) is 29.8 Å². The molecule has 4 nitrogen and oxygen atoms in total. The molecular weight excluding hydrogens is 228 g/mol. The van der Waals surface area contributed by atoms with Gasteiger partial charge in [-0.1, -0.05) is 12.1 Å². The number of likely N-dealkylation sites (N-methyl/N-ethyl adjacent to an activating group) is 1. The number of benzene rings is 1. The van der Waals surface area contributed by atoms with E-state index in [0.717, 1.165) is 11.3 Å². The minimum atomic E-state index is 0.0696. The fraction of sp³-hybridized carbons (Fsp3) is 0.500. The number of hydrogen-bond acceptors (Lipinski definition) is 3. The molecule has 0 saturated heterocycles. The second-order valence-corrected chi connectivity index (χ2v) is 4.34. The Morgan fingerprint density at radius 1 is 1.39 bits per heavy atom. The van der Waals surface area contributed by atoms with E-state index >= 15 is 0 Å². The Bertz CT molecular complexity index is 376. The highest BCUT2D eigenvalue weighted by atomic mass is 16.5. The number of amides is 1. The Morgan fingerprint density at radius 3 is 2.50 bits per heavy atom. The molecule has 1 rings (SSSR count). The van der Waals surface area contributed by atoms with E-state index in [9.17, 15) is 4.79 Å². The lowest BCUT2D eigenvalue weighted by atomic mass is 10.1. The van der Waals surface area contributed by atoms with Gasteiger partial charge in [-0.2, -0.15) is 0 Å². The van der Waals surface area contributed by atoms with E-state index < -0.39 is 0 Å². The van der Waals surface area contributed by atoms with Gasteiger partial charge in [0.15, 0.2) is 0 Å². The highest BCUT2D eigenvalue weighted by molar-refractivity contribution is 5.78. The molecule has 1 atom stereocenters. The highest BCUT2D eigenvalue weighted by Gasteiger charge is 2.14. The fourth-order valence-electron chi connectivity index (χ4n) is 1.57. The van der Waals surface area contributed by atoms with Crippen molar-refractivity contribution >= 4 is 5.91 Å². The molecule has 100 valence electrons. The van der Waals surface area contributed by atoms with Crippen LogP contribution in [0.1, 0.15) is 19.4 Å². The summed E-state index contributed by atoms with van der Waals surface area (Å²) in [5.74, 6) is 0.912. The van der Waals surface area contributed by atoms with Crippen LogP contribution in [-0.4, -0.2) is 37.0 Å². The molecule has 0 radical (unpaired) electrons. The van der Waals surface area contributed by atoms with Crippen LogP contribution in [0, 0.1) is 0 Å². The van der Waals surface area contributed by atoms with Crippen LogP contribution in [0.25, 0.3) is 0 Å². The maximum Gasteiger partial charge on any atom is 0.227 e. The number of carbonyl (C=O) groups excluding carboxylic acids is 1. The molecule has 1 unspecified atom stereocenters. The summed E-state index contributed by atoms with van der Waals surface area (Å²) in [7, 11) is 1.79. The van der Waals surface area contributed by atoms with Gasteiger partial charge < -0.3 is 15.4 Å². The Kier molecular flexibility index (Phi) is 5.65. The van der Waals surface area contributed by atoms with Crippen molar-refractivity contribution in [3.8, 4) is 5.75 Å². The molecule has 0 spiro atoms.